The predicted octanol–water partition coefficient (Wildman–Crippen LogP) is 3.01. The van der Waals surface area contributed by atoms with Crippen LogP contribution in [0, 0.1) is 10.1 Å². The van der Waals surface area contributed by atoms with E-state index in [9.17, 15) is 10.1 Å². The Hall–Kier alpha value is -1.14. The van der Waals surface area contributed by atoms with Gasteiger partial charge in [-0.15, -0.1) is 0 Å². The molecular weight excluding hydrogens is 300 g/mol. The summed E-state index contributed by atoms with van der Waals surface area (Å²) in [6.45, 7) is 0. The van der Waals surface area contributed by atoms with Gasteiger partial charge in [-0.05, 0) is 47.7 Å². The third kappa shape index (κ3) is 3.20. The van der Waals surface area contributed by atoms with Crippen molar-refractivity contribution in [2.24, 2.45) is 5.73 Å². The molecule has 1 aliphatic carbocycles. The van der Waals surface area contributed by atoms with Crippen LogP contribution in [0.4, 0.5) is 5.69 Å². The van der Waals surface area contributed by atoms with Crippen LogP contribution in [0.15, 0.2) is 22.7 Å². The molecule has 98 valence electrons. The van der Waals surface area contributed by atoms with Gasteiger partial charge in [-0.3, -0.25) is 10.1 Å². The van der Waals surface area contributed by atoms with E-state index in [4.69, 9.17) is 10.5 Å². The van der Waals surface area contributed by atoms with Gasteiger partial charge in [0.25, 0.3) is 5.69 Å². The standard InChI is InChI=1S/C12H15BrN2O3/c13-11-6-3-9(15(16)17)7-12(11)18-10-4-1-8(14)2-5-10/h3,6-8,10H,1-2,4-5,14H2. The summed E-state index contributed by atoms with van der Waals surface area (Å²) in [4.78, 5) is 10.3. The van der Waals surface area contributed by atoms with E-state index in [1.54, 1.807) is 6.07 Å². The summed E-state index contributed by atoms with van der Waals surface area (Å²) in [6, 6.07) is 4.81. The summed E-state index contributed by atoms with van der Waals surface area (Å²) in [5.74, 6) is 0.532. The Morgan fingerprint density at radius 2 is 2.00 bits per heavy atom. The van der Waals surface area contributed by atoms with Crippen molar-refractivity contribution in [3.8, 4) is 5.75 Å². The summed E-state index contributed by atoms with van der Waals surface area (Å²) in [6.07, 6.45) is 3.78. The summed E-state index contributed by atoms with van der Waals surface area (Å²) < 4.78 is 6.56. The largest absolute Gasteiger partial charge is 0.489 e. The van der Waals surface area contributed by atoms with Gasteiger partial charge in [-0.1, -0.05) is 0 Å². The summed E-state index contributed by atoms with van der Waals surface area (Å²) in [5, 5.41) is 10.7. The van der Waals surface area contributed by atoms with Crippen molar-refractivity contribution in [1.29, 1.82) is 0 Å². The van der Waals surface area contributed by atoms with Crippen molar-refractivity contribution in [1.82, 2.24) is 0 Å². The van der Waals surface area contributed by atoms with Crippen LogP contribution in [-0.4, -0.2) is 17.1 Å². The number of non-ortho nitro benzene ring substituents is 1. The number of nitro benzene ring substituents is 1. The van der Waals surface area contributed by atoms with Gasteiger partial charge < -0.3 is 10.5 Å². The monoisotopic (exact) mass is 314 g/mol. The Bertz CT molecular complexity index is 445. The highest BCUT2D eigenvalue weighted by molar-refractivity contribution is 9.10. The van der Waals surface area contributed by atoms with Gasteiger partial charge in [-0.25, -0.2) is 0 Å². The van der Waals surface area contributed by atoms with E-state index in [-0.39, 0.29) is 17.8 Å². The van der Waals surface area contributed by atoms with Gasteiger partial charge in [0.1, 0.15) is 5.75 Å². The van der Waals surface area contributed by atoms with Crippen molar-refractivity contribution in [3.05, 3.63) is 32.8 Å². The fourth-order valence-corrected chi connectivity index (χ4v) is 2.42. The van der Waals surface area contributed by atoms with E-state index in [0.717, 1.165) is 30.2 Å². The van der Waals surface area contributed by atoms with Gasteiger partial charge in [0, 0.05) is 12.1 Å². The highest BCUT2D eigenvalue weighted by Gasteiger charge is 2.21. The Labute approximate surface area is 114 Å². The highest BCUT2D eigenvalue weighted by Crippen LogP contribution is 2.32. The molecule has 0 aliphatic heterocycles. The van der Waals surface area contributed by atoms with Crippen molar-refractivity contribution in [2.75, 3.05) is 0 Å². The van der Waals surface area contributed by atoms with Gasteiger partial charge in [0.05, 0.1) is 21.6 Å². The Kier molecular flexibility index (Phi) is 4.19. The van der Waals surface area contributed by atoms with Crippen LogP contribution in [0.1, 0.15) is 25.7 Å². The lowest BCUT2D eigenvalue weighted by molar-refractivity contribution is -0.385. The molecule has 0 aromatic heterocycles. The molecule has 6 heteroatoms. The fraction of sp³-hybridized carbons (Fsp3) is 0.500. The van der Waals surface area contributed by atoms with E-state index in [0.29, 0.717) is 5.75 Å². The van der Waals surface area contributed by atoms with Crippen molar-refractivity contribution < 1.29 is 9.66 Å². The maximum absolute atomic E-state index is 10.7. The third-order valence-corrected chi connectivity index (χ3v) is 3.79. The van der Waals surface area contributed by atoms with Crippen LogP contribution >= 0.6 is 15.9 Å². The number of hydrogen-bond acceptors (Lipinski definition) is 4. The normalized spacial score (nSPS) is 23.7. The second-order valence-corrected chi connectivity index (χ2v) is 5.38. The molecule has 1 aliphatic rings. The predicted molar refractivity (Wildman–Crippen MR) is 71.7 cm³/mol. The molecule has 0 amide bonds. The van der Waals surface area contributed by atoms with Gasteiger partial charge in [0.2, 0.25) is 0 Å². The maximum Gasteiger partial charge on any atom is 0.273 e. The lowest BCUT2D eigenvalue weighted by atomic mass is 9.94. The minimum Gasteiger partial charge on any atom is -0.489 e. The zero-order chi connectivity index (χ0) is 13.1. The average Bonchev–Trinajstić information content (AvgIpc) is 2.34. The van der Waals surface area contributed by atoms with Crippen molar-refractivity contribution >= 4 is 21.6 Å². The average molecular weight is 315 g/mol. The molecule has 0 atom stereocenters. The number of nitro groups is 1. The molecule has 1 aromatic rings. The van der Waals surface area contributed by atoms with E-state index in [2.05, 4.69) is 15.9 Å². The first-order valence-electron chi connectivity index (χ1n) is 5.92. The molecule has 1 aromatic carbocycles. The molecule has 0 bridgehead atoms. The Morgan fingerprint density at radius 1 is 1.33 bits per heavy atom. The summed E-state index contributed by atoms with van der Waals surface area (Å²) >= 11 is 3.35. The van der Waals surface area contributed by atoms with E-state index < -0.39 is 4.92 Å². The van der Waals surface area contributed by atoms with Crippen LogP contribution < -0.4 is 10.5 Å². The molecule has 2 rings (SSSR count). The molecule has 5 nitrogen and oxygen atoms in total. The smallest absolute Gasteiger partial charge is 0.273 e. The second-order valence-electron chi connectivity index (χ2n) is 4.53. The molecule has 2 N–H and O–H groups in total. The number of nitrogens with zero attached hydrogens (tertiary/aromatic N) is 1. The molecule has 0 spiro atoms. The number of halogens is 1. The zero-order valence-corrected chi connectivity index (χ0v) is 11.4. The molecule has 0 radical (unpaired) electrons. The molecule has 0 unspecified atom stereocenters. The Morgan fingerprint density at radius 3 is 2.61 bits per heavy atom. The van der Waals surface area contributed by atoms with Gasteiger partial charge >= 0.3 is 0 Å². The quantitative estimate of drug-likeness (QED) is 0.687. The third-order valence-electron chi connectivity index (χ3n) is 3.14. The summed E-state index contributed by atoms with van der Waals surface area (Å²) in [5.41, 5.74) is 5.87. The minimum atomic E-state index is -0.421. The lowest BCUT2D eigenvalue weighted by Gasteiger charge is -2.27. The van der Waals surface area contributed by atoms with E-state index >= 15 is 0 Å². The lowest BCUT2D eigenvalue weighted by Crippen LogP contribution is -2.31. The molecule has 1 fully saturated rings. The number of rotatable bonds is 3. The SMILES string of the molecule is NC1CCC(Oc2cc([N+](=O)[O-])ccc2Br)CC1. The topological polar surface area (TPSA) is 78.4 Å². The number of hydrogen-bond donors (Lipinski definition) is 1. The first kappa shape index (κ1) is 13.3. The fourth-order valence-electron chi connectivity index (χ4n) is 2.08. The van der Waals surface area contributed by atoms with E-state index in [1.807, 2.05) is 0 Å². The van der Waals surface area contributed by atoms with Crippen LogP contribution in [0.5, 0.6) is 5.75 Å². The van der Waals surface area contributed by atoms with E-state index in [1.165, 1.54) is 12.1 Å². The molecule has 1 saturated carbocycles. The van der Waals surface area contributed by atoms with Crippen LogP contribution in [0.25, 0.3) is 0 Å². The van der Waals surface area contributed by atoms with Gasteiger partial charge in [0.15, 0.2) is 0 Å². The first-order valence-corrected chi connectivity index (χ1v) is 6.71. The first-order chi connectivity index (χ1) is 8.56. The summed E-state index contributed by atoms with van der Waals surface area (Å²) in [7, 11) is 0. The number of benzene rings is 1. The van der Waals surface area contributed by atoms with Crippen LogP contribution in [0.2, 0.25) is 0 Å². The molecule has 0 heterocycles. The van der Waals surface area contributed by atoms with Crippen LogP contribution in [0.3, 0.4) is 0 Å². The second kappa shape index (κ2) is 5.67. The zero-order valence-electron chi connectivity index (χ0n) is 9.84. The minimum absolute atomic E-state index is 0.0423. The van der Waals surface area contributed by atoms with Crippen LogP contribution in [-0.2, 0) is 0 Å². The Balaban J connectivity index is 2.08. The molecule has 0 saturated heterocycles. The highest BCUT2D eigenvalue weighted by atomic mass is 79.9. The number of ether oxygens (including phenoxy) is 1. The molecule has 18 heavy (non-hydrogen) atoms. The van der Waals surface area contributed by atoms with Crippen molar-refractivity contribution in [3.63, 3.8) is 0 Å². The van der Waals surface area contributed by atoms with Crippen molar-refractivity contribution in [2.45, 2.75) is 37.8 Å². The van der Waals surface area contributed by atoms with Gasteiger partial charge in [-0.2, -0.15) is 0 Å². The number of nitrogens with two attached hydrogens (primary N) is 1. The maximum atomic E-state index is 10.7. The molecular formula is C12H15BrN2O3.